The van der Waals surface area contributed by atoms with Gasteiger partial charge in [0.15, 0.2) is 0 Å². The fourth-order valence-electron chi connectivity index (χ4n) is 1.62. The standard InChI is InChI=1S/C12H9NO3/c13-11(14)9-5-7-3-1-2-4-8(7)6-10(9)12(15)16/h1-6H,(H2,13,14)(H,15,16). The molecule has 0 aliphatic carbocycles. The van der Waals surface area contributed by atoms with Gasteiger partial charge in [0, 0.05) is 0 Å². The molecule has 0 spiro atoms. The smallest absolute Gasteiger partial charge is 0.336 e. The largest absolute Gasteiger partial charge is 0.478 e. The molecule has 2 rings (SSSR count). The third kappa shape index (κ3) is 1.61. The van der Waals surface area contributed by atoms with Gasteiger partial charge < -0.3 is 10.8 Å². The molecule has 2 aromatic carbocycles. The molecule has 0 aliphatic heterocycles. The molecule has 0 aliphatic rings. The molecule has 3 N–H and O–H groups in total. The minimum atomic E-state index is -1.15. The first-order valence-corrected chi connectivity index (χ1v) is 4.65. The van der Waals surface area contributed by atoms with E-state index in [4.69, 9.17) is 10.8 Å². The maximum absolute atomic E-state index is 11.1. The van der Waals surface area contributed by atoms with E-state index in [1.54, 1.807) is 18.2 Å². The highest BCUT2D eigenvalue weighted by Crippen LogP contribution is 2.19. The molecule has 0 unspecified atom stereocenters. The maximum atomic E-state index is 11.1. The molecule has 0 radical (unpaired) electrons. The van der Waals surface area contributed by atoms with Crippen LogP contribution in [-0.2, 0) is 0 Å². The monoisotopic (exact) mass is 215 g/mol. The number of carbonyl (C=O) groups excluding carboxylic acids is 1. The van der Waals surface area contributed by atoms with Crippen molar-refractivity contribution < 1.29 is 14.7 Å². The molecular weight excluding hydrogens is 206 g/mol. The van der Waals surface area contributed by atoms with E-state index in [0.717, 1.165) is 10.8 Å². The van der Waals surface area contributed by atoms with Gasteiger partial charge in [0.2, 0.25) is 5.91 Å². The Kier molecular flexibility index (Phi) is 2.32. The van der Waals surface area contributed by atoms with Crippen LogP contribution in [0.1, 0.15) is 20.7 Å². The van der Waals surface area contributed by atoms with Crippen LogP contribution in [0.4, 0.5) is 0 Å². The van der Waals surface area contributed by atoms with Crippen molar-refractivity contribution in [3.05, 3.63) is 47.5 Å². The van der Waals surface area contributed by atoms with E-state index in [2.05, 4.69) is 0 Å². The number of aromatic carboxylic acids is 1. The predicted molar refractivity (Wildman–Crippen MR) is 59.4 cm³/mol. The summed E-state index contributed by atoms with van der Waals surface area (Å²) in [6.45, 7) is 0. The fourth-order valence-corrected chi connectivity index (χ4v) is 1.62. The quantitative estimate of drug-likeness (QED) is 0.799. The lowest BCUT2D eigenvalue weighted by molar-refractivity contribution is 0.0692. The molecule has 0 fully saturated rings. The van der Waals surface area contributed by atoms with E-state index in [9.17, 15) is 9.59 Å². The molecule has 1 amide bonds. The van der Waals surface area contributed by atoms with Crippen LogP contribution in [0, 0.1) is 0 Å². The van der Waals surface area contributed by atoms with Crippen molar-refractivity contribution in [2.24, 2.45) is 5.73 Å². The van der Waals surface area contributed by atoms with Crippen molar-refractivity contribution in [2.45, 2.75) is 0 Å². The lowest BCUT2D eigenvalue weighted by atomic mass is 10.0. The highest BCUT2D eigenvalue weighted by atomic mass is 16.4. The van der Waals surface area contributed by atoms with Gasteiger partial charge in [-0.1, -0.05) is 24.3 Å². The number of carboxylic acid groups (broad SMARTS) is 1. The molecular formula is C12H9NO3. The third-order valence-corrected chi connectivity index (χ3v) is 2.38. The number of rotatable bonds is 2. The number of fused-ring (bicyclic) bond motifs is 1. The normalized spacial score (nSPS) is 10.2. The highest BCUT2D eigenvalue weighted by Gasteiger charge is 2.15. The van der Waals surface area contributed by atoms with Crippen LogP contribution in [0.5, 0.6) is 0 Å². The number of hydrogen-bond acceptors (Lipinski definition) is 2. The Labute approximate surface area is 91.3 Å². The van der Waals surface area contributed by atoms with Crippen LogP contribution in [0.15, 0.2) is 36.4 Å². The second-order valence-electron chi connectivity index (χ2n) is 3.41. The second kappa shape index (κ2) is 3.66. The number of amides is 1. The summed E-state index contributed by atoms with van der Waals surface area (Å²) in [5.74, 6) is -1.89. The zero-order valence-electron chi connectivity index (χ0n) is 8.31. The minimum Gasteiger partial charge on any atom is -0.478 e. The van der Waals surface area contributed by atoms with Crippen LogP contribution < -0.4 is 5.73 Å². The van der Waals surface area contributed by atoms with Crippen molar-refractivity contribution in [1.29, 1.82) is 0 Å². The number of carboxylic acids is 1. The zero-order valence-corrected chi connectivity index (χ0v) is 8.31. The summed E-state index contributed by atoms with van der Waals surface area (Å²) in [6, 6.07) is 10.2. The van der Waals surface area contributed by atoms with Gasteiger partial charge in [-0.2, -0.15) is 0 Å². The van der Waals surface area contributed by atoms with E-state index in [1.807, 2.05) is 6.07 Å². The van der Waals surface area contributed by atoms with Crippen LogP contribution in [0.2, 0.25) is 0 Å². The first-order valence-electron chi connectivity index (χ1n) is 4.65. The van der Waals surface area contributed by atoms with E-state index < -0.39 is 11.9 Å². The first kappa shape index (κ1) is 10.2. The fraction of sp³-hybridized carbons (Fsp3) is 0. The van der Waals surface area contributed by atoms with Crippen molar-refractivity contribution in [1.82, 2.24) is 0 Å². The summed E-state index contributed by atoms with van der Waals surface area (Å²) in [5, 5.41) is 10.5. The summed E-state index contributed by atoms with van der Waals surface area (Å²) in [4.78, 5) is 22.1. The molecule has 0 saturated heterocycles. The summed E-state index contributed by atoms with van der Waals surface area (Å²) in [6.07, 6.45) is 0. The first-order chi connectivity index (χ1) is 7.59. The molecule has 2 aromatic rings. The van der Waals surface area contributed by atoms with Crippen LogP contribution in [0.25, 0.3) is 10.8 Å². The third-order valence-electron chi connectivity index (χ3n) is 2.38. The number of primary amides is 1. The lowest BCUT2D eigenvalue weighted by Gasteiger charge is -2.05. The number of nitrogens with two attached hydrogens (primary N) is 1. The van der Waals surface area contributed by atoms with Crippen LogP contribution in [-0.4, -0.2) is 17.0 Å². The van der Waals surface area contributed by atoms with Crippen molar-refractivity contribution >= 4 is 22.6 Å². The summed E-state index contributed by atoms with van der Waals surface area (Å²) < 4.78 is 0. The Morgan fingerprint density at radius 3 is 1.94 bits per heavy atom. The van der Waals surface area contributed by atoms with Gasteiger partial charge in [-0.25, -0.2) is 4.79 Å². The SMILES string of the molecule is NC(=O)c1cc2ccccc2cc1C(=O)O. The average molecular weight is 215 g/mol. The molecule has 16 heavy (non-hydrogen) atoms. The maximum Gasteiger partial charge on any atom is 0.336 e. The summed E-state index contributed by atoms with van der Waals surface area (Å²) >= 11 is 0. The van der Waals surface area contributed by atoms with Gasteiger partial charge in [-0.05, 0) is 22.9 Å². The van der Waals surface area contributed by atoms with Gasteiger partial charge in [0.25, 0.3) is 0 Å². The van der Waals surface area contributed by atoms with Crippen molar-refractivity contribution in [3.63, 3.8) is 0 Å². The summed E-state index contributed by atoms with van der Waals surface area (Å²) in [5.41, 5.74) is 5.11. The van der Waals surface area contributed by atoms with Crippen molar-refractivity contribution in [2.75, 3.05) is 0 Å². The molecule has 0 atom stereocenters. The molecule has 0 bridgehead atoms. The number of benzene rings is 2. The van der Waals surface area contributed by atoms with E-state index in [1.165, 1.54) is 12.1 Å². The Hall–Kier alpha value is -2.36. The molecule has 4 nitrogen and oxygen atoms in total. The van der Waals surface area contributed by atoms with Crippen molar-refractivity contribution in [3.8, 4) is 0 Å². The Bertz CT molecular complexity index is 537. The highest BCUT2D eigenvalue weighted by molar-refractivity contribution is 6.08. The summed E-state index contributed by atoms with van der Waals surface area (Å²) in [7, 11) is 0. The van der Waals surface area contributed by atoms with Gasteiger partial charge in [0.05, 0.1) is 11.1 Å². The Morgan fingerprint density at radius 1 is 1.00 bits per heavy atom. The Balaban J connectivity index is 2.81. The molecule has 0 saturated carbocycles. The van der Waals surface area contributed by atoms with Gasteiger partial charge in [0.1, 0.15) is 0 Å². The van der Waals surface area contributed by atoms with Crippen LogP contribution in [0.3, 0.4) is 0 Å². The van der Waals surface area contributed by atoms with Gasteiger partial charge in [-0.15, -0.1) is 0 Å². The topological polar surface area (TPSA) is 80.4 Å². The predicted octanol–water partition coefficient (Wildman–Crippen LogP) is 1.64. The van der Waals surface area contributed by atoms with Gasteiger partial charge in [-0.3, -0.25) is 4.79 Å². The molecule has 0 heterocycles. The van der Waals surface area contributed by atoms with Gasteiger partial charge >= 0.3 is 5.97 Å². The zero-order chi connectivity index (χ0) is 11.7. The number of carbonyl (C=O) groups is 2. The second-order valence-corrected chi connectivity index (χ2v) is 3.41. The Morgan fingerprint density at radius 2 is 1.50 bits per heavy atom. The average Bonchev–Trinajstić information content (AvgIpc) is 2.27. The molecule has 80 valence electrons. The molecule has 0 aromatic heterocycles. The molecule has 4 heteroatoms. The lowest BCUT2D eigenvalue weighted by Crippen LogP contribution is -2.16. The van der Waals surface area contributed by atoms with E-state index in [0.29, 0.717) is 0 Å². The van der Waals surface area contributed by atoms with E-state index in [-0.39, 0.29) is 11.1 Å². The van der Waals surface area contributed by atoms with Crippen LogP contribution >= 0.6 is 0 Å². The van der Waals surface area contributed by atoms with E-state index >= 15 is 0 Å². The number of hydrogen-bond donors (Lipinski definition) is 2. The minimum absolute atomic E-state index is 0.0335.